The van der Waals surface area contributed by atoms with Crippen LogP contribution in [0.2, 0.25) is 0 Å². The summed E-state index contributed by atoms with van der Waals surface area (Å²) < 4.78 is 43.0. The fourth-order valence-electron chi connectivity index (χ4n) is 2.46. The summed E-state index contributed by atoms with van der Waals surface area (Å²) in [6, 6.07) is 4.34. The minimum atomic E-state index is -4.39. The first kappa shape index (κ1) is 23.9. The number of hydrogen-bond donors (Lipinski definition) is 3. The molecule has 2 aromatic rings. The number of rotatable bonds is 9. The van der Waals surface area contributed by atoms with Crippen LogP contribution >= 0.6 is 11.3 Å². The second kappa shape index (κ2) is 11.2. The van der Waals surface area contributed by atoms with E-state index in [4.69, 9.17) is 4.74 Å². The number of nitrogens with zero attached hydrogens (tertiary/aromatic N) is 2. The number of aryl methyl sites for hydroxylation is 2. The van der Waals surface area contributed by atoms with Gasteiger partial charge in [0.15, 0.2) is 5.96 Å². The van der Waals surface area contributed by atoms with Gasteiger partial charge in [-0.1, -0.05) is 0 Å². The molecule has 10 heteroatoms. The monoisotopic (exact) mass is 444 g/mol. The fourth-order valence-corrected chi connectivity index (χ4v) is 3.39. The zero-order valence-corrected chi connectivity index (χ0v) is 18.0. The van der Waals surface area contributed by atoms with Gasteiger partial charge in [0.05, 0.1) is 22.8 Å². The van der Waals surface area contributed by atoms with Gasteiger partial charge in [-0.2, -0.15) is 13.2 Å². The molecule has 0 aliphatic carbocycles. The standard InChI is InChI=1S/C20H27F3N4O2S/c1-4-24-19(25-10-9-18-27-13(2)14(3)30-18)26-11-16(28)12-29-17-7-5-15(6-8-17)20(21,22)23/h5-8,16,28H,4,9-12H2,1-3H3,(H2,24,25,26). The van der Waals surface area contributed by atoms with Crippen molar-refractivity contribution in [2.45, 2.75) is 39.5 Å². The number of aliphatic imine (C=N–C) groups is 1. The highest BCUT2D eigenvalue weighted by molar-refractivity contribution is 7.11. The Morgan fingerprint density at radius 1 is 1.23 bits per heavy atom. The van der Waals surface area contributed by atoms with Crippen LogP contribution in [0.25, 0.3) is 0 Å². The quantitative estimate of drug-likeness (QED) is 0.409. The number of aliphatic hydroxyl groups is 1. The van der Waals surface area contributed by atoms with E-state index in [1.807, 2.05) is 20.8 Å². The number of benzene rings is 1. The topological polar surface area (TPSA) is 78.8 Å². The molecule has 6 nitrogen and oxygen atoms in total. The maximum atomic E-state index is 12.6. The summed E-state index contributed by atoms with van der Waals surface area (Å²) in [5.74, 6) is 0.821. The van der Waals surface area contributed by atoms with Gasteiger partial charge in [-0.3, -0.25) is 4.99 Å². The molecule has 30 heavy (non-hydrogen) atoms. The van der Waals surface area contributed by atoms with Crippen molar-refractivity contribution in [2.75, 3.05) is 26.2 Å². The molecule has 0 saturated carbocycles. The average molecular weight is 445 g/mol. The Labute approximate surface area is 178 Å². The van der Waals surface area contributed by atoms with Crippen molar-refractivity contribution >= 4 is 17.3 Å². The predicted molar refractivity (Wildman–Crippen MR) is 112 cm³/mol. The van der Waals surface area contributed by atoms with Gasteiger partial charge in [0.2, 0.25) is 0 Å². The normalized spacial score (nSPS) is 13.2. The molecule has 0 radical (unpaired) electrons. The van der Waals surface area contributed by atoms with Crippen LogP contribution < -0.4 is 15.4 Å². The highest BCUT2D eigenvalue weighted by Gasteiger charge is 2.30. The Morgan fingerprint density at radius 3 is 2.50 bits per heavy atom. The van der Waals surface area contributed by atoms with Gasteiger partial charge in [-0.05, 0) is 45.0 Å². The number of hydrogen-bond acceptors (Lipinski definition) is 5. The van der Waals surface area contributed by atoms with Crippen LogP contribution in [-0.2, 0) is 12.6 Å². The molecule has 166 valence electrons. The third kappa shape index (κ3) is 7.83. The van der Waals surface area contributed by atoms with E-state index >= 15 is 0 Å². The third-order valence-corrected chi connectivity index (χ3v) is 5.27. The molecule has 1 aromatic heterocycles. The molecule has 0 bridgehead atoms. The van der Waals surface area contributed by atoms with Gasteiger partial charge in [0.25, 0.3) is 0 Å². The van der Waals surface area contributed by atoms with Gasteiger partial charge in [-0.15, -0.1) is 11.3 Å². The fraction of sp³-hybridized carbons (Fsp3) is 0.500. The molecular formula is C20H27F3N4O2S. The summed E-state index contributed by atoms with van der Waals surface area (Å²) in [6.07, 6.45) is -4.52. The SMILES string of the molecule is CCNC(=NCC(O)COc1ccc(C(F)(F)F)cc1)NCCc1nc(C)c(C)s1. The van der Waals surface area contributed by atoms with Gasteiger partial charge in [0.1, 0.15) is 18.5 Å². The lowest BCUT2D eigenvalue weighted by Gasteiger charge is -2.14. The predicted octanol–water partition coefficient (Wildman–Crippen LogP) is 3.32. The van der Waals surface area contributed by atoms with Crippen LogP contribution in [0.4, 0.5) is 13.2 Å². The highest BCUT2D eigenvalue weighted by atomic mass is 32.1. The van der Waals surface area contributed by atoms with Crippen LogP contribution in [0.1, 0.15) is 28.1 Å². The van der Waals surface area contributed by atoms with Crippen LogP contribution in [0.15, 0.2) is 29.3 Å². The maximum Gasteiger partial charge on any atom is 0.416 e. The summed E-state index contributed by atoms with van der Waals surface area (Å²) in [5, 5.41) is 17.4. The van der Waals surface area contributed by atoms with Gasteiger partial charge < -0.3 is 20.5 Å². The molecule has 3 N–H and O–H groups in total. The Morgan fingerprint density at radius 2 is 1.93 bits per heavy atom. The summed E-state index contributed by atoms with van der Waals surface area (Å²) in [6.45, 7) is 7.30. The van der Waals surface area contributed by atoms with Crippen molar-refractivity contribution in [1.29, 1.82) is 0 Å². The Balaban J connectivity index is 1.78. The van der Waals surface area contributed by atoms with E-state index in [0.29, 0.717) is 19.0 Å². The largest absolute Gasteiger partial charge is 0.491 e. The van der Waals surface area contributed by atoms with Crippen molar-refractivity contribution in [3.05, 3.63) is 45.4 Å². The first-order valence-electron chi connectivity index (χ1n) is 9.62. The molecule has 0 spiro atoms. The number of aliphatic hydroxyl groups excluding tert-OH is 1. The summed E-state index contributed by atoms with van der Waals surface area (Å²) >= 11 is 1.67. The molecule has 1 unspecified atom stereocenters. The second-order valence-corrected chi connectivity index (χ2v) is 7.92. The van der Waals surface area contributed by atoms with Gasteiger partial charge in [0, 0.05) is 24.4 Å². The van der Waals surface area contributed by atoms with Crippen molar-refractivity contribution in [1.82, 2.24) is 15.6 Å². The van der Waals surface area contributed by atoms with Crippen molar-refractivity contribution < 1.29 is 23.0 Å². The van der Waals surface area contributed by atoms with Crippen LogP contribution in [0, 0.1) is 13.8 Å². The molecule has 1 aromatic carbocycles. The molecule has 2 rings (SSSR count). The molecule has 0 amide bonds. The van der Waals surface area contributed by atoms with Crippen molar-refractivity contribution in [3.8, 4) is 5.75 Å². The lowest BCUT2D eigenvalue weighted by Crippen LogP contribution is -2.39. The average Bonchev–Trinajstić information content (AvgIpc) is 3.01. The molecule has 0 saturated heterocycles. The van der Waals surface area contributed by atoms with E-state index < -0.39 is 17.8 Å². The third-order valence-electron chi connectivity index (χ3n) is 4.13. The molecule has 0 aliphatic rings. The molecule has 0 aliphatic heterocycles. The van der Waals surface area contributed by atoms with Crippen molar-refractivity contribution in [3.63, 3.8) is 0 Å². The zero-order chi connectivity index (χ0) is 22.1. The zero-order valence-electron chi connectivity index (χ0n) is 17.2. The van der Waals surface area contributed by atoms with E-state index in [2.05, 4.69) is 20.6 Å². The Hall–Kier alpha value is -2.33. The van der Waals surface area contributed by atoms with Crippen LogP contribution in [0.5, 0.6) is 5.75 Å². The Kier molecular flexibility index (Phi) is 8.91. The molecule has 1 atom stereocenters. The number of thiazole rings is 1. The number of aromatic nitrogens is 1. The maximum absolute atomic E-state index is 12.6. The van der Waals surface area contributed by atoms with Crippen LogP contribution in [-0.4, -0.2) is 48.4 Å². The van der Waals surface area contributed by atoms with E-state index in [1.54, 1.807) is 11.3 Å². The highest BCUT2D eigenvalue weighted by Crippen LogP contribution is 2.30. The second-order valence-electron chi connectivity index (χ2n) is 6.63. The first-order chi connectivity index (χ1) is 14.2. The van der Waals surface area contributed by atoms with E-state index in [9.17, 15) is 18.3 Å². The molecular weight excluding hydrogens is 417 g/mol. The lowest BCUT2D eigenvalue weighted by molar-refractivity contribution is -0.137. The van der Waals surface area contributed by atoms with Crippen molar-refractivity contribution in [2.24, 2.45) is 4.99 Å². The van der Waals surface area contributed by atoms with Gasteiger partial charge >= 0.3 is 6.18 Å². The minimum absolute atomic E-state index is 0.0774. The number of nitrogens with one attached hydrogen (secondary N) is 2. The van der Waals surface area contributed by atoms with Crippen LogP contribution in [0.3, 0.4) is 0 Å². The summed E-state index contributed by atoms with van der Waals surface area (Å²) in [5.41, 5.74) is 0.302. The summed E-state index contributed by atoms with van der Waals surface area (Å²) in [4.78, 5) is 10.0. The first-order valence-corrected chi connectivity index (χ1v) is 10.4. The molecule has 1 heterocycles. The number of ether oxygens (including phenoxy) is 1. The Bertz CT molecular complexity index is 803. The van der Waals surface area contributed by atoms with Gasteiger partial charge in [-0.25, -0.2) is 4.98 Å². The van der Waals surface area contributed by atoms with E-state index in [1.165, 1.54) is 17.0 Å². The lowest BCUT2D eigenvalue weighted by atomic mass is 10.2. The van der Waals surface area contributed by atoms with E-state index in [0.717, 1.165) is 29.3 Å². The smallest absolute Gasteiger partial charge is 0.416 e. The number of guanidine groups is 1. The molecule has 0 fully saturated rings. The summed E-state index contributed by atoms with van der Waals surface area (Å²) in [7, 11) is 0. The minimum Gasteiger partial charge on any atom is -0.491 e. The number of alkyl halides is 3. The van der Waals surface area contributed by atoms with E-state index in [-0.39, 0.29) is 18.9 Å². The number of halogens is 3.